The minimum absolute atomic E-state index is 0.449. The fourth-order valence-electron chi connectivity index (χ4n) is 1.01. The second-order valence-corrected chi connectivity index (χ2v) is 3.21. The van der Waals surface area contributed by atoms with E-state index in [0.29, 0.717) is 16.9 Å². The van der Waals surface area contributed by atoms with Gasteiger partial charge in [-0.1, -0.05) is 11.6 Å². The highest BCUT2D eigenvalue weighted by Gasteiger charge is 2.01. The van der Waals surface area contributed by atoms with E-state index in [2.05, 4.69) is 15.5 Å². The van der Waals surface area contributed by atoms with Gasteiger partial charge in [0, 0.05) is 17.6 Å². The Kier molecular flexibility index (Phi) is 2.37. The fraction of sp³-hybridized carbons (Fsp3) is 0.111. The first-order valence-corrected chi connectivity index (χ1v) is 4.45. The van der Waals surface area contributed by atoms with Crippen LogP contribution in [0.4, 0.5) is 11.6 Å². The van der Waals surface area contributed by atoms with Crippen molar-refractivity contribution in [1.82, 2.24) is 10.1 Å². The first-order valence-electron chi connectivity index (χ1n) is 4.07. The van der Waals surface area contributed by atoms with Crippen LogP contribution in [0.25, 0.3) is 0 Å². The minimum Gasteiger partial charge on any atom is -0.338 e. The second-order valence-electron chi connectivity index (χ2n) is 2.77. The van der Waals surface area contributed by atoms with Gasteiger partial charge in [0.1, 0.15) is 0 Å². The average molecular weight is 210 g/mol. The maximum atomic E-state index is 5.74. The lowest BCUT2D eigenvalue weighted by Gasteiger charge is -1.99. The third-order valence-corrected chi connectivity index (χ3v) is 1.88. The Morgan fingerprint density at radius 2 is 2.00 bits per heavy atom. The van der Waals surface area contributed by atoms with Crippen LogP contribution >= 0.6 is 11.6 Å². The van der Waals surface area contributed by atoms with Crippen LogP contribution in [0.1, 0.15) is 5.89 Å². The van der Waals surface area contributed by atoms with Gasteiger partial charge in [-0.05, 0) is 29.4 Å². The van der Waals surface area contributed by atoms with Gasteiger partial charge in [-0.15, -0.1) is 0 Å². The van der Waals surface area contributed by atoms with Crippen LogP contribution < -0.4 is 5.32 Å². The molecule has 14 heavy (non-hydrogen) atoms. The maximum Gasteiger partial charge on any atom is 0.267 e. The molecule has 72 valence electrons. The molecule has 5 heteroatoms. The van der Waals surface area contributed by atoms with Crippen molar-refractivity contribution in [3.8, 4) is 0 Å². The van der Waals surface area contributed by atoms with Crippen LogP contribution in [0.5, 0.6) is 0 Å². The summed E-state index contributed by atoms with van der Waals surface area (Å²) in [5, 5.41) is 7.37. The van der Waals surface area contributed by atoms with E-state index < -0.39 is 0 Å². The van der Waals surface area contributed by atoms with Crippen molar-refractivity contribution in [3.63, 3.8) is 0 Å². The average Bonchev–Trinajstić information content (AvgIpc) is 2.56. The number of nitrogens with one attached hydrogen (secondary N) is 1. The number of halogens is 1. The Morgan fingerprint density at radius 1 is 1.29 bits per heavy atom. The van der Waals surface area contributed by atoms with Gasteiger partial charge in [-0.25, -0.2) is 0 Å². The number of rotatable bonds is 2. The summed E-state index contributed by atoms with van der Waals surface area (Å²) in [4.78, 5) is 4.01. The SMILES string of the molecule is Cc1nc(Nc2ccc(Cl)cc2)no1. The maximum absolute atomic E-state index is 5.74. The van der Waals surface area contributed by atoms with E-state index in [9.17, 15) is 0 Å². The van der Waals surface area contributed by atoms with Gasteiger partial charge < -0.3 is 9.84 Å². The summed E-state index contributed by atoms with van der Waals surface area (Å²) >= 11 is 5.74. The van der Waals surface area contributed by atoms with Gasteiger partial charge in [-0.2, -0.15) is 4.98 Å². The standard InChI is InChI=1S/C9H8ClN3O/c1-6-11-9(13-14-6)12-8-4-2-7(10)3-5-8/h2-5H,1H3,(H,12,13). The van der Waals surface area contributed by atoms with Crippen molar-refractivity contribution in [2.45, 2.75) is 6.92 Å². The smallest absolute Gasteiger partial charge is 0.267 e. The van der Waals surface area contributed by atoms with Crippen LogP contribution in [0, 0.1) is 6.92 Å². The van der Waals surface area contributed by atoms with Crippen LogP contribution in [0.3, 0.4) is 0 Å². The molecule has 0 saturated carbocycles. The monoisotopic (exact) mass is 209 g/mol. The molecule has 1 aromatic carbocycles. The van der Waals surface area contributed by atoms with Crippen molar-refractivity contribution in [1.29, 1.82) is 0 Å². The van der Waals surface area contributed by atoms with Gasteiger partial charge >= 0.3 is 0 Å². The lowest BCUT2D eigenvalue weighted by molar-refractivity contribution is 0.395. The number of aromatic nitrogens is 2. The third-order valence-electron chi connectivity index (χ3n) is 1.63. The number of aryl methyl sites for hydroxylation is 1. The molecule has 0 spiro atoms. The van der Waals surface area contributed by atoms with E-state index in [1.165, 1.54) is 0 Å². The third kappa shape index (κ3) is 2.03. The highest BCUT2D eigenvalue weighted by molar-refractivity contribution is 6.30. The van der Waals surface area contributed by atoms with E-state index in [4.69, 9.17) is 16.1 Å². The normalized spacial score (nSPS) is 10.1. The Bertz CT molecular complexity index is 424. The number of nitrogens with zero attached hydrogens (tertiary/aromatic N) is 2. The zero-order valence-corrected chi connectivity index (χ0v) is 8.25. The first-order chi connectivity index (χ1) is 6.74. The van der Waals surface area contributed by atoms with Crippen LogP contribution in [0.15, 0.2) is 28.8 Å². The summed E-state index contributed by atoms with van der Waals surface area (Å²) in [5.41, 5.74) is 0.871. The molecule has 0 aliphatic carbocycles. The Labute approximate surface area is 85.9 Å². The summed E-state index contributed by atoms with van der Waals surface area (Å²) in [7, 11) is 0. The molecule has 4 nitrogen and oxygen atoms in total. The minimum atomic E-state index is 0.449. The zero-order valence-electron chi connectivity index (χ0n) is 7.49. The highest BCUT2D eigenvalue weighted by atomic mass is 35.5. The van der Waals surface area contributed by atoms with Crippen molar-refractivity contribution in [3.05, 3.63) is 35.2 Å². The molecule has 1 N–H and O–H groups in total. The van der Waals surface area contributed by atoms with Crippen LogP contribution in [0.2, 0.25) is 5.02 Å². The van der Waals surface area contributed by atoms with Gasteiger partial charge in [0.15, 0.2) is 0 Å². The number of anilines is 2. The molecule has 0 radical (unpaired) electrons. The van der Waals surface area contributed by atoms with Gasteiger partial charge in [0.2, 0.25) is 5.89 Å². The summed E-state index contributed by atoms with van der Waals surface area (Å²) in [6.07, 6.45) is 0. The predicted molar refractivity (Wildman–Crippen MR) is 53.8 cm³/mol. The van der Waals surface area contributed by atoms with E-state index in [0.717, 1.165) is 5.69 Å². The molecule has 0 amide bonds. The zero-order chi connectivity index (χ0) is 9.97. The summed E-state index contributed by atoms with van der Waals surface area (Å²) in [6, 6.07) is 7.26. The van der Waals surface area contributed by atoms with Crippen molar-refractivity contribution < 1.29 is 4.52 Å². The quantitative estimate of drug-likeness (QED) is 0.826. The largest absolute Gasteiger partial charge is 0.338 e. The fourth-order valence-corrected chi connectivity index (χ4v) is 1.14. The topological polar surface area (TPSA) is 51.0 Å². The Balaban J connectivity index is 2.15. The second kappa shape index (κ2) is 3.67. The van der Waals surface area contributed by atoms with E-state index in [1.807, 2.05) is 12.1 Å². The molecule has 0 fully saturated rings. The number of hydrogen-bond donors (Lipinski definition) is 1. The Morgan fingerprint density at radius 3 is 2.57 bits per heavy atom. The van der Waals surface area contributed by atoms with Gasteiger partial charge in [-0.3, -0.25) is 0 Å². The molecular formula is C9H8ClN3O. The van der Waals surface area contributed by atoms with Crippen molar-refractivity contribution >= 4 is 23.2 Å². The number of benzene rings is 1. The summed E-state index contributed by atoms with van der Waals surface area (Å²) in [5.74, 6) is 0.978. The highest BCUT2D eigenvalue weighted by Crippen LogP contribution is 2.16. The molecule has 0 aliphatic rings. The summed E-state index contributed by atoms with van der Waals surface area (Å²) < 4.78 is 4.81. The lowest BCUT2D eigenvalue weighted by Crippen LogP contribution is -1.91. The predicted octanol–water partition coefficient (Wildman–Crippen LogP) is 2.78. The van der Waals surface area contributed by atoms with Gasteiger partial charge in [0.05, 0.1) is 0 Å². The van der Waals surface area contributed by atoms with E-state index >= 15 is 0 Å². The molecule has 0 atom stereocenters. The van der Waals surface area contributed by atoms with Gasteiger partial charge in [0.25, 0.3) is 5.95 Å². The molecular weight excluding hydrogens is 202 g/mol. The van der Waals surface area contributed by atoms with Crippen LogP contribution in [-0.2, 0) is 0 Å². The molecule has 0 unspecified atom stereocenters. The van der Waals surface area contributed by atoms with Crippen molar-refractivity contribution in [2.24, 2.45) is 0 Å². The lowest BCUT2D eigenvalue weighted by atomic mass is 10.3. The molecule has 2 aromatic rings. The van der Waals surface area contributed by atoms with Crippen LogP contribution in [-0.4, -0.2) is 10.1 Å². The first kappa shape index (κ1) is 9.02. The van der Waals surface area contributed by atoms with E-state index in [-0.39, 0.29) is 0 Å². The Hall–Kier alpha value is -1.55. The molecule has 2 rings (SSSR count). The molecule has 0 bridgehead atoms. The summed E-state index contributed by atoms with van der Waals surface area (Å²) in [6.45, 7) is 1.74. The molecule has 1 aromatic heterocycles. The number of hydrogen-bond acceptors (Lipinski definition) is 4. The molecule has 1 heterocycles. The van der Waals surface area contributed by atoms with E-state index in [1.54, 1.807) is 19.1 Å². The molecule has 0 aliphatic heterocycles. The molecule has 0 saturated heterocycles. The van der Waals surface area contributed by atoms with Crippen molar-refractivity contribution in [2.75, 3.05) is 5.32 Å².